The second-order valence-corrected chi connectivity index (χ2v) is 8.33. The zero-order chi connectivity index (χ0) is 24.6. The highest BCUT2D eigenvalue weighted by atomic mass is 16.6. The monoisotopic (exact) mass is 479 g/mol. The van der Waals surface area contributed by atoms with Crippen molar-refractivity contribution in [2.24, 2.45) is 11.8 Å². The first-order valence-electron chi connectivity index (χ1n) is 11.7. The van der Waals surface area contributed by atoms with Crippen LogP contribution in [0.4, 0.5) is 4.79 Å². The van der Waals surface area contributed by atoms with Crippen molar-refractivity contribution in [2.45, 2.75) is 19.8 Å². The summed E-state index contributed by atoms with van der Waals surface area (Å²) in [6.45, 7) is 3.17. The summed E-state index contributed by atoms with van der Waals surface area (Å²) in [6, 6.07) is 17.3. The molecule has 1 aliphatic rings. The molecule has 4 rings (SSSR count). The van der Waals surface area contributed by atoms with Crippen LogP contribution >= 0.6 is 0 Å². The molecule has 1 aliphatic heterocycles. The van der Waals surface area contributed by atoms with Gasteiger partial charge in [0.15, 0.2) is 5.82 Å². The van der Waals surface area contributed by atoms with Gasteiger partial charge >= 0.3 is 12.1 Å². The van der Waals surface area contributed by atoms with E-state index in [4.69, 9.17) is 18.7 Å². The summed E-state index contributed by atoms with van der Waals surface area (Å²) in [5, 5.41) is 4.02. The summed E-state index contributed by atoms with van der Waals surface area (Å²) in [4.78, 5) is 30.5. The second kappa shape index (κ2) is 11.5. The van der Waals surface area contributed by atoms with E-state index in [1.807, 2.05) is 54.6 Å². The number of hydrogen-bond acceptors (Lipinski definition) is 8. The van der Waals surface area contributed by atoms with Crippen LogP contribution in [0.25, 0.3) is 11.5 Å². The van der Waals surface area contributed by atoms with Crippen molar-refractivity contribution < 1.29 is 28.3 Å². The molecular formula is C26H29N3O6. The quantitative estimate of drug-likeness (QED) is 0.427. The van der Waals surface area contributed by atoms with Gasteiger partial charge in [0.25, 0.3) is 5.89 Å². The summed E-state index contributed by atoms with van der Waals surface area (Å²) in [5.74, 6) is 0.985. The van der Waals surface area contributed by atoms with Crippen molar-refractivity contribution in [1.29, 1.82) is 0 Å². The van der Waals surface area contributed by atoms with Crippen LogP contribution in [0.3, 0.4) is 0 Å². The number of nitrogens with zero attached hydrogens (tertiary/aromatic N) is 3. The van der Waals surface area contributed by atoms with Crippen molar-refractivity contribution >= 4 is 12.1 Å². The summed E-state index contributed by atoms with van der Waals surface area (Å²) in [7, 11) is 1.37. The Labute approximate surface area is 204 Å². The normalized spacial score (nSPS) is 17.3. The number of amides is 1. The van der Waals surface area contributed by atoms with Gasteiger partial charge in [-0.2, -0.15) is 4.98 Å². The second-order valence-electron chi connectivity index (χ2n) is 8.33. The number of methoxy groups -OCH3 is 1. The predicted molar refractivity (Wildman–Crippen MR) is 127 cm³/mol. The van der Waals surface area contributed by atoms with Gasteiger partial charge in [-0.1, -0.05) is 35.5 Å². The van der Waals surface area contributed by atoms with E-state index in [0.29, 0.717) is 56.6 Å². The Morgan fingerprint density at radius 3 is 2.71 bits per heavy atom. The standard InChI is InChI=1S/C26H29N3O6/c1-3-33-26(31)29-16-20(22(17-29)25(30)32-2)14-18-8-7-11-21(15-18)34-13-12-23-27-24(35-28-23)19-9-5-4-6-10-19/h4-11,15,20,22H,3,12-14,16-17H2,1-2H3/t20-,22?/m1/s1. The number of esters is 1. The predicted octanol–water partition coefficient (Wildman–Crippen LogP) is 3.78. The van der Waals surface area contributed by atoms with Crippen LogP contribution in [0.2, 0.25) is 0 Å². The van der Waals surface area contributed by atoms with Crippen LogP contribution < -0.4 is 4.74 Å². The fraction of sp³-hybridized carbons (Fsp3) is 0.385. The molecule has 2 heterocycles. The Morgan fingerprint density at radius 2 is 1.94 bits per heavy atom. The van der Waals surface area contributed by atoms with Gasteiger partial charge in [-0.3, -0.25) is 4.79 Å². The molecule has 3 aromatic rings. The number of hydrogen-bond donors (Lipinski definition) is 0. The fourth-order valence-corrected chi connectivity index (χ4v) is 4.24. The minimum atomic E-state index is -0.405. The number of benzene rings is 2. The maximum atomic E-state index is 12.3. The van der Waals surface area contributed by atoms with Crippen LogP contribution in [0.5, 0.6) is 5.75 Å². The molecule has 0 aliphatic carbocycles. The molecule has 1 saturated heterocycles. The molecule has 2 atom stereocenters. The Kier molecular flexibility index (Phi) is 7.97. The lowest BCUT2D eigenvalue weighted by Gasteiger charge is -2.16. The lowest BCUT2D eigenvalue weighted by Crippen LogP contribution is -2.30. The maximum Gasteiger partial charge on any atom is 0.409 e. The zero-order valence-corrected chi connectivity index (χ0v) is 19.9. The molecule has 0 saturated carbocycles. The number of carbonyl (C=O) groups excluding carboxylic acids is 2. The lowest BCUT2D eigenvalue weighted by molar-refractivity contribution is -0.146. The molecule has 0 spiro atoms. The Bertz CT molecular complexity index is 1130. The number of rotatable bonds is 9. The number of likely N-dealkylation sites (tertiary alicyclic amines) is 1. The average molecular weight is 480 g/mol. The van der Waals surface area contributed by atoms with Crippen LogP contribution in [-0.4, -0.2) is 60.5 Å². The van der Waals surface area contributed by atoms with Gasteiger partial charge in [-0.05, 0) is 49.1 Å². The largest absolute Gasteiger partial charge is 0.493 e. The number of ether oxygens (including phenoxy) is 3. The molecule has 1 amide bonds. The molecule has 9 nitrogen and oxygen atoms in total. The van der Waals surface area contributed by atoms with E-state index in [1.54, 1.807) is 11.8 Å². The van der Waals surface area contributed by atoms with Crippen molar-refractivity contribution in [3.63, 3.8) is 0 Å². The molecule has 0 N–H and O–H groups in total. The third-order valence-electron chi connectivity index (χ3n) is 5.95. The van der Waals surface area contributed by atoms with Gasteiger partial charge in [0, 0.05) is 25.1 Å². The summed E-state index contributed by atoms with van der Waals surface area (Å²) in [5.41, 5.74) is 1.89. The smallest absolute Gasteiger partial charge is 0.409 e. The molecule has 0 radical (unpaired) electrons. The topological polar surface area (TPSA) is 104 Å². The van der Waals surface area contributed by atoms with Crippen LogP contribution in [0, 0.1) is 11.8 Å². The molecule has 1 aromatic heterocycles. The van der Waals surface area contributed by atoms with E-state index in [-0.39, 0.29) is 11.9 Å². The lowest BCUT2D eigenvalue weighted by atomic mass is 9.89. The van der Waals surface area contributed by atoms with E-state index < -0.39 is 12.0 Å². The highest BCUT2D eigenvalue weighted by Crippen LogP contribution is 2.29. The maximum absolute atomic E-state index is 12.3. The fourth-order valence-electron chi connectivity index (χ4n) is 4.24. The molecule has 35 heavy (non-hydrogen) atoms. The Hall–Kier alpha value is -3.88. The van der Waals surface area contributed by atoms with E-state index in [2.05, 4.69) is 10.1 Å². The summed E-state index contributed by atoms with van der Waals surface area (Å²) < 4.78 is 21.3. The molecule has 1 unspecified atom stereocenters. The van der Waals surface area contributed by atoms with E-state index in [9.17, 15) is 9.59 Å². The minimum absolute atomic E-state index is 0.0714. The summed E-state index contributed by atoms with van der Waals surface area (Å²) in [6.07, 6.45) is 0.707. The van der Waals surface area contributed by atoms with Gasteiger partial charge in [0.05, 0.1) is 26.2 Å². The number of aromatic nitrogens is 2. The Balaban J connectivity index is 1.34. The van der Waals surface area contributed by atoms with E-state index in [0.717, 1.165) is 11.1 Å². The minimum Gasteiger partial charge on any atom is -0.493 e. The van der Waals surface area contributed by atoms with Crippen molar-refractivity contribution in [3.05, 3.63) is 66.0 Å². The van der Waals surface area contributed by atoms with Gasteiger partial charge in [-0.15, -0.1) is 0 Å². The first-order chi connectivity index (χ1) is 17.1. The molecular weight excluding hydrogens is 450 g/mol. The molecule has 184 valence electrons. The van der Waals surface area contributed by atoms with Crippen LogP contribution in [-0.2, 0) is 27.1 Å². The highest BCUT2D eigenvalue weighted by Gasteiger charge is 2.40. The van der Waals surface area contributed by atoms with Gasteiger partial charge in [0.2, 0.25) is 0 Å². The summed E-state index contributed by atoms with van der Waals surface area (Å²) >= 11 is 0. The van der Waals surface area contributed by atoms with E-state index >= 15 is 0 Å². The molecule has 0 bridgehead atoms. The van der Waals surface area contributed by atoms with Crippen LogP contribution in [0.1, 0.15) is 18.3 Å². The zero-order valence-electron chi connectivity index (χ0n) is 19.9. The van der Waals surface area contributed by atoms with Gasteiger partial charge in [-0.25, -0.2) is 4.79 Å². The SMILES string of the molecule is CCOC(=O)N1CC(C(=O)OC)[C@H](Cc2cccc(OCCc3noc(-c4ccccc4)n3)c2)C1. The third kappa shape index (κ3) is 6.17. The highest BCUT2D eigenvalue weighted by molar-refractivity contribution is 5.76. The van der Waals surface area contributed by atoms with Gasteiger partial charge < -0.3 is 23.6 Å². The first-order valence-corrected chi connectivity index (χ1v) is 11.7. The van der Waals surface area contributed by atoms with Crippen molar-refractivity contribution in [2.75, 3.05) is 33.4 Å². The van der Waals surface area contributed by atoms with Crippen molar-refractivity contribution in [3.8, 4) is 17.2 Å². The van der Waals surface area contributed by atoms with Crippen LogP contribution in [0.15, 0.2) is 59.1 Å². The molecule has 2 aromatic carbocycles. The first kappa shape index (κ1) is 24.3. The average Bonchev–Trinajstić information content (AvgIpc) is 3.52. The Morgan fingerprint density at radius 1 is 1.11 bits per heavy atom. The van der Waals surface area contributed by atoms with Gasteiger partial charge in [0.1, 0.15) is 5.75 Å². The molecule has 9 heteroatoms. The van der Waals surface area contributed by atoms with Crippen molar-refractivity contribution in [1.82, 2.24) is 15.0 Å². The number of carbonyl (C=O) groups is 2. The third-order valence-corrected chi connectivity index (χ3v) is 5.95. The van der Waals surface area contributed by atoms with E-state index in [1.165, 1.54) is 7.11 Å². The molecule has 1 fully saturated rings.